The Morgan fingerprint density at radius 3 is 2.67 bits per heavy atom. The number of hydrogen-bond acceptors (Lipinski definition) is 5. The number of methoxy groups -OCH3 is 1. The lowest BCUT2D eigenvalue weighted by atomic mass is 10.3. The van der Waals surface area contributed by atoms with Crippen LogP contribution >= 0.6 is 0 Å². The Labute approximate surface area is 107 Å². The molecule has 1 aromatic rings. The molecule has 102 valence electrons. The van der Waals surface area contributed by atoms with Gasteiger partial charge in [-0.15, -0.1) is 0 Å². The molecule has 0 fully saturated rings. The molecule has 0 heterocycles. The van der Waals surface area contributed by atoms with Gasteiger partial charge in [0, 0.05) is 20.3 Å². The summed E-state index contributed by atoms with van der Waals surface area (Å²) in [5, 5.41) is 21.9. The first kappa shape index (κ1) is 14.8. The van der Waals surface area contributed by atoms with Gasteiger partial charge >= 0.3 is 0 Å². The van der Waals surface area contributed by atoms with E-state index in [2.05, 4.69) is 5.32 Å². The molecule has 3 N–H and O–H groups in total. The van der Waals surface area contributed by atoms with Crippen LogP contribution in [0.5, 0.6) is 11.5 Å². The van der Waals surface area contributed by atoms with Gasteiger partial charge in [0.05, 0.1) is 0 Å². The zero-order valence-corrected chi connectivity index (χ0v) is 10.6. The fourth-order valence-corrected chi connectivity index (χ4v) is 1.40. The van der Waals surface area contributed by atoms with Crippen molar-refractivity contribution in [2.75, 3.05) is 33.4 Å². The van der Waals surface area contributed by atoms with Crippen molar-refractivity contribution >= 4 is 0 Å². The van der Waals surface area contributed by atoms with Crippen LogP contribution in [0.25, 0.3) is 0 Å². The van der Waals surface area contributed by atoms with Crippen LogP contribution in [0.1, 0.15) is 6.42 Å². The van der Waals surface area contributed by atoms with E-state index in [0.717, 1.165) is 13.0 Å². The van der Waals surface area contributed by atoms with E-state index >= 15 is 0 Å². The number of phenolic OH excluding ortho intramolecular Hbond substituents is 1. The number of benzene rings is 1. The Morgan fingerprint density at radius 1 is 1.28 bits per heavy atom. The first-order valence-electron chi connectivity index (χ1n) is 6.02. The Kier molecular flexibility index (Phi) is 7.17. The fourth-order valence-electron chi connectivity index (χ4n) is 1.40. The highest BCUT2D eigenvalue weighted by atomic mass is 16.5. The third kappa shape index (κ3) is 6.44. The molecule has 0 radical (unpaired) electrons. The minimum absolute atomic E-state index is 0.197. The van der Waals surface area contributed by atoms with Crippen LogP contribution in [0.2, 0.25) is 0 Å². The SMILES string of the molecule is COCCCNCC(O)COc1ccc(O)cc1. The van der Waals surface area contributed by atoms with Crippen LogP contribution in [-0.4, -0.2) is 49.7 Å². The number of aromatic hydroxyl groups is 1. The highest BCUT2D eigenvalue weighted by molar-refractivity contribution is 5.30. The van der Waals surface area contributed by atoms with Crippen LogP contribution in [0.4, 0.5) is 0 Å². The van der Waals surface area contributed by atoms with Gasteiger partial charge in [-0.25, -0.2) is 0 Å². The van der Waals surface area contributed by atoms with Crippen molar-refractivity contribution in [3.63, 3.8) is 0 Å². The van der Waals surface area contributed by atoms with Gasteiger partial charge in [0.2, 0.25) is 0 Å². The molecule has 1 atom stereocenters. The maximum Gasteiger partial charge on any atom is 0.119 e. The van der Waals surface area contributed by atoms with Crippen LogP contribution in [0.15, 0.2) is 24.3 Å². The van der Waals surface area contributed by atoms with Gasteiger partial charge in [0.25, 0.3) is 0 Å². The third-order valence-corrected chi connectivity index (χ3v) is 2.36. The first-order valence-corrected chi connectivity index (χ1v) is 6.02. The molecule has 1 rings (SSSR count). The average Bonchev–Trinajstić information content (AvgIpc) is 2.38. The standard InChI is InChI=1S/C13H21NO4/c1-17-8-2-7-14-9-12(16)10-18-13-5-3-11(15)4-6-13/h3-6,12,14-16H,2,7-10H2,1H3. The molecular formula is C13H21NO4. The Morgan fingerprint density at radius 2 is 2.00 bits per heavy atom. The van der Waals surface area contributed by atoms with Crippen molar-refractivity contribution in [3.8, 4) is 11.5 Å². The number of phenols is 1. The van der Waals surface area contributed by atoms with Gasteiger partial charge < -0.3 is 25.0 Å². The topological polar surface area (TPSA) is 71.0 Å². The minimum Gasteiger partial charge on any atom is -0.508 e. The van der Waals surface area contributed by atoms with Crippen LogP contribution in [0.3, 0.4) is 0 Å². The summed E-state index contributed by atoms with van der Waals surface area (Å²) in [7, 11) is 1.67. The lowest BCUT2D eigenvalue weighted by Gasteiger charge is -2.13. The zero-order chi connectivity index (χ0) is 13.2. The molecule has 5 heteroatoms. The Bertz CT molecular complexity index is 315. The molecule has 0 amide bonds. The predicted octanol–water partition coefficient (Wildman–Crippen LogP) is 0.758. The molecule has 0 aromatic heterocycles. The fraction of sp³-hybridized carbons (Fsp3) is 0.538. The number of aliphatic hydroxyl groups is 1. The van der Waals surface area contributed by atoms with Crippen molar-refractivity contribution in [2.24, 2.45) is 0 Å². The smallest absolute Gasteiger partial charge is 0.119 e. The monoisotopic (exact) mass is 255 g/mol. The van der Waals surface area contributed by atoms with E-state index < -0.39 is 6.10 Å². The van der Waals surface area contributed by atoms with E-state index in [9.17, 15) is 5.11 Å². The van der Waals surface area contributed by atoms with Gasteiger partial charge in [0.15, 0.2) is 0 Å². The van der Waals surface area contributed by atoms with Crippen molar-refractivity contribution in [1.82, 2.24) is 5.32 Å². The summed E-state index contributed by atoms with van der Waals surface area (Å²) in [5.41, 5.74) is 0. The van der Waals surface area contributed by atoms with E-state index in [1.807, 2.05) is 0 Å². The van der Waals surface area contributed by atoms with E-state index in [1.54, 1.807) is 31.4 Å². The lowest BCUT2D eigenvalue weighted by Crippen LogP contribution is -2.32. The maximum atomic E-state index is 9.65. The predicted molar refractivity (Wildman–Crippen MR) is 69.0 cm³/mol. The highest BCUT2D eigenvalue weighted by Gasteiger charge is 2.04. The molecule has 1 aromatic carbocycles. The van der Waals surface area contributed by atoms with Crippen molar-refractivity contribution < 1.29 is 19.7 Å². The van der Waals surface area contributed by atoms with E-state index in [0.29, 0.717) is 18.9 Å². The average molecular weight is 255 g/mol. The van der Waals surface area contributed by atoms with Crippen LogP contribution in [-0.2, 0) is 4.74 Å². The molecule has 0 aliphatic rings. The van der Waals surface area contributed by atoms with Gasteiger partial charge in [-0.2, -0.15) is 0 Å². The molecule has 1 unspecified atom stereocenters. The molecule has 0 saturated carbocycles. The summed E-state index contributed by atoms with van der Waals surface area (Å²) in [6, 6.07) is 6.41. The summed E-state index contributed by atoms with van der Waals surface area (Å²) < 4.78 is 10.3. The Balaban J connectivity index is 2.09. The quantitative estimate of drug-likeness (QED) is 0.568. The van der Waals surface area contributed by atoms with Crippen molar-refractivity contribution in [2.45, 2.75) is 12.5 Å². The molecule has 0 aliphatic heterocycles. The van der Waals surface area contributed by atoms with Gasteiger partial charge in [0.1, 0.15) is 24.2 Å². The summed E-state index contributed by atoms with van der Waals surface area (Å²) >= 11 is 0. The van der Waals surface area contributed by atoms with E-state index in [1.165, 1.54) is 0 Å². The number of nitrogens with one attached hydrogen (secondary N) is 1. The summed E-state index contributed by atoms with van der Waals surface area (Å²) in [6.07, 6.45) is 0.364. The lowest BCUT2D eigenvalue weighted by molar-refractivity contribution is 0.105. The normalized spacial score (nSPS) is 12.3. The van der Waals surface area contributed by atoms with E-state index in [-0.39, 0.29) is 12.4 Å². The number of ether oxygens (including phenoxy) is 2. The molecule has 0 bridgehead atoms. The van der Waals surface area contributed by atoms with Crippen LogP contribution in [0, 0.1) is 0 Å². The molecule has 0 spiro atoms. The molecule has 18 heavy (non-hydrogen) atoms. The van der Waals surface area contributed by atoms with Crippen LogP contribution < -0.4 is 10.1 Å². The summed E-state index contributed by atoms with van der Waals surface area (Å²) in [6.45, 7) is 2.24. The first-order chi connectivity index (χ1) is 8.72. The van der Waals surface area contributed by atoms with E-state index in [4.69, 9.17) is 14.6 Å². The number of aliphatic hydroxyl groups excluding tert-OH is 1. The molecule has 5 nitrogen and oxygen atoms in total. The van der Waals surface area contributed by atoms with Gasteiger partial charge in [-0.1, -0.05) is 0 Å². The minimum atomic E-state index is -0.554. The zero-order valence-electron chi connectivity index (χ0n) is 10.6. The third-order valence-electron chi connectivity index (χ3n) is 2.36. The molecule has 0 aliphatic carbocycles. The molecule has 0 saturated heterocycles. The second-order valence-electron chi connectivity index (χ2n) is 4.01. The maximum absolute atomic E-state index is 9.65. The highest BCUT2D eigenvalue weighted by Crippen LogP contribution is 2.15. The Hall–Kier alpha value is -1.30. The summed E-state index contributed by atoms with van der Waals surface area (Å²) in [4.78, 5) is 0. The van der Waals surface area contributed by atoms with Crippen molar-refractivity contribution in [3.05, 3.63) is 24.3 Å². The van der Waals surface area contributed by atoms with Gasteiger partial charge in [-0.05, 0) is 37.2 Å². The second kappa shape index (κ2) is 8.74. The van der Waals surface area contributed by atoms with Crippen molar-refractivity contribution in [1.29, 1.82) is 0 Å². The summed E-state index contributed by atoms with van der Waals surface area (Å²) in [5.74, 6) is 0.828. The largest absolute Gasteiger partial charge is 0.508 e. The molecular weight excluding hydrogens is 234 g/mol. The number of rotatable bonds is 9. The second-order valence-corrected chi connectivity index (χ2v) is 4.01. The number of hydrogen-bond donors (Lipinski definition) is 3. The van der Waals surface area contributed by atoms with Gasteiger partial charge in [-0.3, -0.25) is 0 Å².